The number of benzene rings is 1. The minimum Gasteiger partial charge on any atom is -0.384 e. The van der Waals surface area contributed by atoms with Crippen molar-refractivity contribution in [3.8, 4) is 0 Å². The van der Waals surface area contributed by atoms with Gasteiger partial charge in [0.1, 0.15) is 11.7 Å². The lowest BCUT2D eigenvalue weighted by Gasteiger charge is -2.32. The van der Waals surface area contributed by atoms with Crippen molar-refractivity contribution in [1.82, 2.24) is 0 Å². The van der Waals surface area contributed by atoms with Crippen molar-refractivity contribution < 1.29 is 9.13 Å². The number of nitrogens with two attached hydrogens (primary N) is 1. The molecule has 4 heteroatoms. The Balaban J connectivity index is 1.95. The lowest BCUT2D eigenvalue weighted by Crippen LogP contribution is -2.26. The smallest absolute Gasteiger partial charge is 0.124 e. The second kappa shape index (κ2) is 6.35. The van der Waals surface area contributed by atoms with Crippen LogP contribution in [0.25, 0.3) is 0 Å². The highest BCUT2D eigenvalue weighted by atomic mass is 19.1. The van der Waals surface area contributed by atoms with E-state index in [0.717, 1.165) is 24.3 Å². The molecule has 0 saturated heterocycles. The van der Waals surface area contributed by atoms with Crippen molar-refractivity contribution in [1.29, 1.82) is 5.41 Å². The molecule has 1 saturated carbocycles. The highest BCUT2D eigenvalue weighted by Gasteiger charge is 2.24. The van der Waals surface area contributed by atoms with E-state index in [9.17, 15) is 4.39 Å². The molecule has 1 fully saturated rings. The summed E-state index contributed by atoms with van der Waals surface area (Å²) >= 11 is 0. The molecule has 1 aliphatic rings. The third-order valence-corrected chi connectivity index (χ3v) is 4.30. The van der Waals surface area contributed by atoms with E-state index in [1.807, 2.05) is 0 Å². The van der Waals surface area contributed by atoms with Crippen LogP contribution in [-0.2, 0) is 11.3 Å². The van der Waals surface area contributed by atoms with E-state index < -0.39 is 0 Å². The van der Waals surface area contributed by atoms with Crippen LogP contribution in [0.1, 0.15) is 44.2 Å². The summed E-state index contributed by atoms with van der Waals surface area (Å²) in [6, 6.07) is 4.44. The van der Waals surface area contributed by atoms with E-state index >= 15 is 0 Å². The lowest BCUT2D eigenvalue weighted by atomic mass is 9.80. The van der Waals surface area contributed by atoms with Gasteiger partial charge in [0.25, 0.3) is 0 Å². The molecule has 0 spiro atoms. The van der Waals surface area contributed by atoms with Crippen LogP contribution in [0.4, 0.5) is 4.39 Å². The van der Waals surface area contributed by atoms with Gasteiger partial charge in [0, 0.05) is 5.56 Å². The molecule has 0 bridgehead atoms. The SMILES string of the molecule is CC1CCC(OCc2cc(F)cc(C(=N)N)c2)CC1C. The van der Waals surface area contributed by atoms with Crippen LogP contribution < -0.4 is 5.73 Å². The quantitative estimate of drug-likeness (QED) is 0.654. The predicted molar refractivity (Wildman–Crippen MR) is 78.2 cm³/mol. The standard InChI is InChI=1S/C16H23FN2O/c1-10-3-4-15(5-11(10)2)20-9-12-6-13(16(18)19)8-14(17)7-12/h6-8,10-11,15H,3-5,9H2,1-2H3,(H3,18,19). The Morgan fingerprint density at radius 2 is 2.05 bits per heavy atom. The Kier molecular flexibility index (Phi) is 4.76. The zero-order valence-corrected chi connectivity index (χ0v) is 12.2. The first-order valence-corrected chi connectivity index (χ1v) is 7.21. The van der Waals surface area contributed by atoms with Crippen molar-refractivity contribution in [2.75, 3.05) is 0 Å². The van der Waals surface area contributed by atoms with Gasteiger partial charge < -0.3 is 10.5 Å². The number of nitrogens with one attached hydrogen (secondary N) is 1. The van der Waals surface area contributed by atoms with Crippen molar-refractivity contribution in [3.05, 3.63) is 35.1 Å². The maximum absolute atomic E-state index is 13.5. The maximum atomic E-state index is 13.5. The fourth-order valence-corrected chi connectivity index (χ4v) is 2.75. The minimum absolute atomic E-state index is 0.120. The Hall–Kier alpha value is -1.42. The molecule has 3 unspecified atom stereocenters. The Morgan fingerprint density at radius 3 is 2.70 bits per heavy atom. The molecule has 0 aromatic heterocycles. The lowest BCUT2D eigenvalue weighted by molar-refractivity contribution is -0.00753. The summed E-state index contributed by atoms with van der Waals surface area (Å²) in [7, 11) is 0. The number of halogens is 1. The fraction of sp³-hybridized carbons (Fsp3) is 0.562. The van der Waals surface area contributed by atoms with Gasteiger partial charge in [0.2, 0.25) is 0 Å². The van der Waals surface area contributed by atoms with Crippen LogP contribution >= 0.6 is 0 Å². The number of rotatable bonds is 4. The van der Waals surface area contributed by atoms with Gasteiger partial charge in [-0.25, -0.2) is 4.39 Å². The van der Waals surface area contributed by atoms with Crippen LogP contribution in [-0.4, -0.2) is 11.9 Å². The Morgan fingerprint density at radius 1 is 1.30 bits per heavy atom. The van der Waals surface area contributed by atoms with Gasteiger partial charge in [-0.2, -0.15) is 0 Å². The first kappa shape index (κ1) is 15.0. The van der Waals surface area contributed by atoms with Gasteiger partial charge >= 0.3 is 0 Å². The molecule has 1 aromatic rings. The van der Waals surface area contributed by atoms with Gasteiger partial charge in [0.15, 0.2) is 0 Å². The maximum Gasteiger partial charge on any atom is 0.124 e. The third-order valence-electron chi connectivity index (χ3n) is 4.30. The van der Waals surface area contributed by atoms with Crippen molar-refractivity contribution in [2.24, 2.45) is 17.6 Å². The summed E-state index contributed by atoms with van der Waals surface area (Å²) in [6.45, 7) is 4.92. The molecule has 3 nitrogen and oxygen atoms in total. The number of ether oxygens (including phenoxy) is 1. The second-order valence-corrected chi connectivity index (χ2v) is 5.96. The average molecular weight is 278 g/mol. The molecular formula is C16H23FN2O. The molecule has 3 N–H and O–H groups in total. The summed E-state index contributed by atoms with van der Waals surface area (Å²) in [5.41, 5.74) is 6.55. The average Bonchev–Trinajstić information content (AvgIpc) is 2.39. The first-order chi connectivity index (χ1) is 9.45. The van der Waals surface area contributed by atoms with Crippen LogP contribution in [0.2, 0.25) is 0 Å². The van der Waals surface area contributed by atoms with E-state index in [2.05, 4.69) is 13.8 Å². The third kappa shape index (κ3) is 3.79. The van der Waals surface area contributed by atoms with Crippen LogP contribution in [0.3, 0.4) is 0 Å². The van der Waals surface area contributed by atoms with Gasteiger partial charge in [-0.15, -0.1) is 0 Å². The Labute approximate surface area is 119 Å². The molecule has 20 heavy (non-hydrogen) atoms. The first-order valence-electron chi connectivity index (χ1n) is 7.21. The number of amidine groups is 1. The molecule has 1 aliphatic carbocycles. The molecular weight excluding hydrogens is 255 g/mol. The van der Waals surface area contributed by atoms with E-state index in [0.29, 0.717) is 18.1 Å². The molecule has 3 atom stereocenters. The molecule has 0 aliphatic heterocycles. The molecule has 2 rings (SSSR count). The van der Waals surface area contributed by atoms with Gasteiger partial charge in [-0.1, -0.05) is 13.8 Å². The zero-order valence-electron chi connectivity index (χ0n) is 12.2. The highest BCUT2D eigenvalue weighted by Crippen LogP contribution is 2.31. The predicted octanol–water partition coefficient (Wildman–Crippen LogP) is 3.45. The van der Waals surface area contributed by atoms with Gasteiger partial charge in [-0.3, -0.25) is 5.41 Å². The van der Waals surface area contributed by atoms with E-state index in [-0.39, 0.29) is 17.8 Å². The fourth-order valence-electron chi connectivity index (χ4n) is 2.75. The zero-order chi connectivity index (χ0) is 14.7. The van der Waals surface area contributed by atoms with E-state index in [1.54, 1.807) is 6.07 Å². The minimum atomic E-state index is -0.373. The summed E-state index contributed by atoms with van der Waals surface area (Å²) in [4.78, 5) is 0. The van der Waals surface area contributed by atoms with Crippen molar-refractivity contribution >= 4 is 5.84 Å². The molecule has 1 aromatic carbocycles. The van der Waals surface area contributed by atoms with E-state index in [4.69, 9.17) is 15.9 Å². The van der Waals surface area contributed by atoms with Crippen molar-refractivity contribution in [2.45, 2.75) is 45.8 Å². The molecule has 0 amide bonds. The summed E-state index contributed by atoms with van der Waals surface area (Å²) in [5.74, 6) is 0.940. The highest BCUT2D eigenvalue weighted by molar-refractivity contribution is 5.95. The normalized spacial score (nSPS) is 26.4. The van der Waals surface area contributed by atoms with Crippen LogP contribution in [0.15, 0.2) is 18.2 Å². The van der Waals surface area contributed by atoms with Crippen LogP contribution in [0, 0.1) is 23.1 Å². The second-order valence-electron chi connectivity index (χ2n) is 5.96. The molecule has 0 heterocycles. The monoisotopic (exact) mass is 278 g/mol. The van der Waals surface area contributed by atoms with Gasteiger partial charge in [0.05, 0.1) is 12.7 Å². The summed E-state index contributed by atoms with van der Waals surface area (Å²) < 4.78 is 19.4. The van der Waals surface area contributed by atoms with Crippen molar-refractivity contribution in [3.63, 3.8) is 0 Å². The number of nitrogen functional groups attached to an aromatic ring is 1. The number of hydrogen-bond donors (Lipinski definition) is 2. The topological polar surface area (TPSA) is 59.1 Å². The Bertz CT molecular complexity index is 489. The molecule has 0 radical (unpaired) electrons. The largest absolute Gasteiger partial charge is 0.384 e. The van der Waals surface area contributed by atoms with Gasteiger partial charge in [-0.05, 0) is 54.9 Å². The summed E-state index contributed by atoms with van der Waals surface area (Å²) in [5, 5.41) is 7.38. The number of hydrogen-bond acceptors (Lipinski definition) is 2. The summed E-state index contributed by atoms with van der Waals surface area (Å²) in [6.07, 6.45) is 3.58. The molecule has 110 valence electrons. The van der Waals surface area contributed by atoms with E-state index in [1.165, 1.54) is 18.6 Å². The van der Waals surface area contributed by atoms with Crippen LogP contribution in [0.5, 0.6) is 0 Å².